The molecule has 0 aliphatic rings. The molecule has 0 radical (unpaired) electrons. The number of halogens is 1. The number of benzene rings is 2. The van der Waals surface area contributed by atoms with E-state index in [-0.39, 0.29) is 17.8 Å². The normalized spacial score (nSPS) is 11.9. The van der Waals surface area contributed by atoms with E-state index in [1.54, 1.807) is 11.8 Å². The maximum atomic E-state index is 12.8. The van der Waals surface area contributed by atoms with Crippen LogP contribution >= 0.6 is 11.8 Å². The number of thioether (sulfide) groups is 1. The van der Waals surface area contributed by atoms with E-state index in [9.17, 15) is 9.18 Å². The van der Waals surface area contributed by atoms with Crippen molar-refractivity contribution in [2.24, 2.45) is 0 Å². The average molecular weight is 289 g/mol. The quantitative estimate of drug-likeness (QED) is 0.861. The maximum Gasteiger partial charge on any atom is 0.251 e. The van der Waals surface area contributed by atoms with E-state index in [4.69, 9.17) is 0 Å². The van der Waals surface area contributed by atoms with Gasteiger partial charge in [-0.15, -0.1) is 11.8 Å². The van der Waals surface area contributed by atoms with Crippen LogP contribution in [-0.4, -0.2) is 12.2 Å². The zero-order valence-electron chi connectivity index (χ0n) is 11.4. The summed E-state index contributed by atoms with van der Waals surface area (Å²) in [4.78, 5) is 13.2. The lowest BCUT2D eigenvalue weighted by atomic mass is 10.1. The van der Waals surface area contributed by atoms with Gasteiger partial charge < -0.3 is 5.32 Å². The van der Waals surface area contributed by atoms with Gasteiger partial charge in [-0.3, -0.25) is 4.79 Å². The first-order valence-corrected chi connectivity index (χ1v) is 7.53. The zero-order chi connectivity index (χ0) is 14.5. The molecule has 0 spiro atoms. The van der Waals surface area contributed by atoms with Gasteiger partial charge in [0.15, 0.2) is 0 Å². The molecule has 0 aliphatic heterocycles. The van der Waals surface area contributed by atoms with E-state index in [1.807, 2.05) is 37.4 Å². The summed E-state index contributed by atoms with van der Waals surface area (Å²) < 4.78 is 12.8. The predicted molar refractivity (Wildman–Crippen MR) is 80.5 cm³/mol. The predicted octanol–water partition coefficient (Wildman–Crippen LogP) is 4.04. The van der Waals surface area contributed by atoms with Crippen molar-refractivity contribution < 1.29 is 9.18 Å². The van der Waals surface area contributed by atoms with Crippen LogP contribution in [0.3, 0.4) is 0 Å². The van der Waals surface area contributed by atoms with Gasteiger partial charge in [-0.2, -0.15) is 0 Å². The van der Waals surface area contributed by atoms with Gasteiger partial charge in [-0.1, -0.05) is 12.1 Å². The molecular weight excluding hydrogens is 273 g/mol. The third kappa shape index (κ3) is 3.61. The second-order valence-electron chi connectivity index (χ2n) is 4.48. The highest BCUT2D eigenvalue weighted by Crippen LogP contribution is 2.19. The minimum Gasteiger partial charge on any atom is -0.346 e. The summed E-state index contributed by atoms with van der Waals surface area (Å²) in [6.45, 7) is 1.93. The van der Waals surface area contributed by atoms with Crippen LogP contribution in [0.5, 0.6) is 0 Å². The molecule has 1 N–H and O–H groups in total. The van der Waals surface area contributed by atoms with Gasteiger partial charge in [-0.05, 0) is 55.1 Å². The maximum absolute atomic E-state index is 12.8. The molecular formula is C16H16FNOS. The fraction of sp³-hybridized carbons (Fsp3) is 0.188. The Morgan fingerprint density at radius 3 is 2.25 bits per heavy atom. The third-order valence-corrected chi connectivity index (χ3v) is 3.81. The molecule has 0 aromatic heterocycles. The molecule has 1 amide bonds. The first kappa shape index (κ1) is 14.6. The highest BCUT2D eigenvalue weighted by Gasteiger charge is 2.11. The van der Waals surface area contributed by atoms with E-state index in [0.717, 1.165) is 5.56 Å². The van der Waals surface area contributed by atoms with Crippen molar-refractivity contribution in [3.63, 3.8) is 0 Å². The van der Waals surface area contributed by atoms with Crippen molar-refractivity contribution in [3.8, 4) is 0 Å². The van der Waals surface area contributed by atoms with Crippen molar-refractivity contribution in [2.75, 3.05) is 6.26 Å². The van der Waals surface area contributed by atoms with Crippen LogP contribution in [0.1, 0.15) is 28.9 Å². The first-order chi connectivity index (χ1) is 9.60. The Labute approximate surface area is 122 Å². The Bertz CT molecular complexity index is 580. The van der Waals surface area contributed by atoms with Crippen LogP contribution in [0.25, 0.3) is 0 Å². The highest BCUT2D eigenvalue weighted by atomic mass is 32.2. The van der Waals surface area contributed by atoms with Gasteiger partial charge in [0.1, 0.15) is 5.82 Å². The van der Waals surface area contributed by atoms with Crippen molar-refractivity contribution in [1.82, 2.24) is 5.32 Å². The molecule has 0 unspecified atom stereocenters. The molecule has 1 atom stereocenters. The summed E-state index contributed by atoms with van der Waals surface area (Å²) in [7, 11) is 0. The average Bonchev–Trinajstić information content (AvgIpc) is 2.48. The van der Waals surface area contributed by atoms with E-state index in [2.05, 4.69) is 5.32 Å². The molecule has 0 aliphatic carbocycles. The van der Waals surface area contributed by atoms with E-state index in [1.165, 1.54) is 29.2 Å². The third-order valence-electron chi connectivity index (χ3n) is 3.07. The largest absolute Gasteiger partial charge is 0.346 e. The molecule has 2 rings (SSSR count). The van der Waals surface area contributed by atoms with Crippen LogP contribution in [0.4, 0.5) is 4.39 Å². The van der Waals surface area contributed by atoms with Gasteiger partial charge in [0, 0.05) is 10.5 Å². The van der Waals surface area contributed by atoms with Crippen molar-refractivity contribution in [2.45, 2.75) is 17.9 Å². The summed E-state index contributed by atoms with van der Waals surface area (Å²) in [5.41, 5.74) is 1.50. The molecule has 20 heavy (non-hydrogen) atoms. The second-order valence-corrected chi connectivity index (χ2v) is 5.35. The lowest BCUT2D eigenvalue weighted by Gasteiger charge is -2.14. The lowest BCUT2D eigenvalue weighted by Crippen LogP contribution is -2.26. The summed E-state index contributed by atoms with van der Waals surface area (Å²) in [5.74, 6) is -0.548. The molecule has 0 heterocycles. The van der Waals surface area contributed by atoms with Gasteiger partial charge in [-0.25, -0.2) is 4.39 Å². The standard InChI is InChI=1S/C16H16FNOS/c1-11(12-5-9-15(20-2)10-6-12)18-16(19)13-3-7-14(17)8-4-13/h3-11H,1-2H3,(H,18,19)/t11-/m1/s1. The number of hydrogen-bond acceptors (Lipinski definition) is 2. The first-order valence-electron chi connectivity index (χ1n) is 6.30. The molecule has 4 heteroatoms. The van der Waals surface area contributed by atoms with Crippen LogP contribution in [0, 0.1) is 5.82 Å². The number of amides is 1. The Morgan fingerprint density at radius 2 is 1.70 bits per heavy atom. The molecule has 0 saturated carbocycles. The second kappa shape index (κ2) is 6.57. The molecule has 0 saturated heterocycles. The number of carbonyl (C=O) groups excluding carboxylic acids is 1. The highest BCUT2D eigenvalue weighted by molar-refractivity contribution is 7.98. The zero-order valence-corrected chi connectivity index (χ0v) is 12.2. The van der Waals surface area contributed by atoms with Crippen molar-refractivity contribution >= 4 is 17.7 Å². The Balaban J connectivity index is 2.04. The smallest absolute Gasteiger partial charge is 0.251 e. The summed E-state index contributed by atoms with van der Waals surface area (Å²) in [6.07, 6.45) is 2.02. The van der Waals surface area contributed by atoms with Gasteiger partial charge in [0.2, 0.25) is 0 Å². The minimum atomic E-state index is -0.345. The van der Waals surface area contributed by atoms with Gasteiger partial charge >= 0.3 is 0 Å². The topological polar surface area (TPSA) is 29.1 Å². The van der Waals surface area contributed by atoms with E-state index < -0.39 is 0 Å². The summed E-state index contributed by atoms with van der Waals surface area (Å²) in [6, 6.07) is 13.5. The Kier molecular flexibility index (Phi) is 4.79. The fourth-order valence-corrected chi connectivity index (χ4v) is 2.27. The summed E-state index contributed by atoms with van der Waals surface area (Å²) >= 11 is 1.68. The van der Waals surface area contributed by atoms with Crippen molar-refractivity contribution in [3.05, 3.63) is 65.5 Å². The van der Waals surface area contributed by atoms with E-state index >= 15 is 0 Å². The Hall–Kier alpha value is -1.81. The monoisotopic (exact) mass is 289 g/mol. The molecule has 2 nitrogen and oxygen atoms in total. The molecule has 0 fully saturated rings. The number of carbonyl (C=O) groups is 1. The van der Waals surface area contributed by atoms with Crippen molar-refractivity contribution in [1.29, 1.82) is 0 Å². The van der Waals surface area contributed by atoms with Gasteiger partial charge in [0.05, 0.1) is 6.04 Å². The molecule has 2 aromatic carbocycles. The number of rotatable bonds is 4. The molecule has 0 bridgehead atoms. The molecule has 104 valence electrons. The van der Waals surface area contributed by atoms with Crippen LogP contribution in [0.15, 0.2) is 53.4 Å². The Morgan fingerprint density at radius 1 is 1.10 bits per heavy atom. The van der Waals surface area contributed by atoms with Gasteiger partial charge in [0.25, 0.3) is 5.91 Å². The minimum absolute atomic E-state index is 0.0940. The number of hydrogen-bond donors (Lipinski definition) is 1. The molecule has 2 aromatic rings. The number of nitrogens with one attached hydrogen (secondary N) is 1. The van der Waals surface area contributed by atoms with Crippen LogP contribution < -0.4 is 5.32 Å². The fourth-order valence-electron chi connectivity index (χ4n) is 1.86. The summed E-state index contributed by atoms with van der Waals surface area (Å²) in [5, 5.41) is 2.90. The SMILES string of the molecule is CSc1ccc([C@@H](C)NC(=O)c2ccc(F)cc2)cc1. The van der Waals surface area contributed by atoms with Crippen LogP contribution in [0.2, 0.25) is 0 Å². The van der Waals surface area contributed by atoms with Crippen LogP contribution in [-0.2, 0) is 0 Å². The lowest BCUT2D eigenvalue weighted by molar-refractivity contribution is 0.0940. The van der Waals surface area contributed by atoms with E-state index in [0.29, 0.717) is 5.56 Å².